The molecule has 4 atom stereocenters. The van der Waals surface area contributed by atoms with Crippen molar-refractivity contribution in [2.45, 2.75) is 40.0 Å². The highest BCUT2D eigenvalue weighted by Crippen LogP contribution is 2.68. The molecule has 0 aliphatic heterocycles. The van der Waals surface area contributed by atoms with Crippen molar-refractivity contribution in [3.63, 3.8) is 0 Å². The van der Waals surface area contributed by atoms with Crippen LogP contribution in [0.25, 0.3) is 0 Å². The molecule has 0 N–H and O–H groups in total. The largest absolute Gasteiger partial charge is 0.295 e. The molecular weight excluding hydrogens is 184 g/mol. The van der Waals surface area contributed by atoms with E-state index < -0.39 is 0 Å². The summed E-state index contributed by atoms with van der Waals surface area (Å²) < 4.78 is 0. The van der Waals surface area contributed by atoms with Gasteiger partial charge in [0, 0.05) is 6.42 Å². The molecule has 3 aliphatic carbocycles. The maximum absolute atomic E-state index is 11.6. The normalized spacial score (nSPS) is 46.6. The number of fused-ring (bicyclic) bond motifs is 3. The van der Waals surface area contributed by atoms with E-state index in [1.807, 2.05) is 6.08 Å². The first-order valence-corrected chi connectivity index (χ1v) is 6.26. The lowest BCUT2D eigenvalue weighted by Gasteiger charge is -2.20. The fourth-order valence-corrected chi connectivity index (χ4v) is 4.26. The van der Waals surface area contributed by atoms with Crippen LogP contribution in [0.15, 0.2) is 11.6 Å². The summed E-state index contributed by atoms with van der Waals surface area (Å²) in [5.74, 6) is 3.34. The quantitative estimate of drug-likeness (QED) is 0.592. The van der Waals surface area contributed by atoms with E-state index in [0.29, 0.717) is 23.0 Å². The highest BCUT2D eigenvalue weighted by Gasteiger charge is 2.62. The van der Waals surface area contributed by atoms with Gasteiger partial charge in [-0.05, 0) is 48.0 Å². The molecule has 0 heterocycles. The van der Waals surface area contributed by atoms with E-state index in [4.69, 9.17) is 0 Å². The molecule has 1 heteroatoms. The Hall–Kier alpha value is -0.590. The standard InChI is InChI=1S/C14H20O/c1-8-4-5-12-13(14(12,2)3)11-7-9(15)6-10(8)11/h6,8,11-13H,4-5,7H2,1-3H3/t8-,11+,12+,13-/m0/s1. The Balaban J connectivity index is 1.96. The van der Waals surface area contributed by atoms with Crippen molar-refractivity contribution in [1.29, 1.82) is 0 Å². The third-order valence-corrected chi connectivity index (χ3v) is 5.23. The zero-order valence-corrected chi connectivity index (χ0v) is 9.92. The number of hydrogen-bond acceptors (Lipinski definition) is 1. The Kier molecular flexibility index (Phi) is 1.76. The molecule has 0 unspecified atom stereocenters. The Morgan fingerprint density at radius 1 is 1.33 bits per heavy atom. The van der Waals surface area contributed by atoms with Gasteiger partial charge in [0.15, 0.2) is 5.78 Å². The molecule has 0 aromatic heterocycles. The van der Waals surface area contributed by atoms with Gasteiger partial charge in [0.25, 0.3) is 0 Å². The van der Waals surface area contributed by atoms with Crippen LogP contribution in [-0.2, 0) is 4.79 Å². The van der Waals surface area contributed by atoms with Gasteiger partial charge in [-0.25, -0.2) is 0 Å². The molecular formula is C14H20O. The number of ketones is 1. The first kappa shape index (κ1) is 9.62. The lowest BCUT2D eigenvalue weighted by atomic mass is 9.84. The Bertz CT molecular complexity index is 350. The van der Waals surface area contributed by atoms with Crippen LogP contribution < -0.4 is 0 Å². The van der Waals surface area contributed by atoms with Crippen LogP contribution in [0.3, 0.4) is 0 Å². The molecule has 2 saturated carbocycles. The van der Waals surface area contributed by atoms with Gasteiger partial charge in [-0.2, -0.15) is 0 Å². The smallest absolute Gasteiger partial charge is 0.156 e. The minimum absolute atomic E-state index is 0.380. The average molecular weight is 204 g/mol. The Morgan fingerprint density at radius 3 is 2.80 bits per heavy atom. The lowest BCUT2D eigenvalue weighted by molar-refractivity contribution is -0.114. The molecule has 1 nitrogen and oxygen atoms in total. The van der Waals surface area contributed by atoms with Gasteiger partial charge in [-0.1, -0.05) is 26.3 Å². The third-order valence-electron chi connectivity index (χ3n) is 5.23. The van der Waals surface area contributed by atoms with E-state index in [1.165, 1.54) is 18.4 Å². The summed E-state index contributed by atoms with van der Waals surface area (Å²) in [6, 6.07) is 0. The van der Waals surface area contributed by atoms with Crippen molar-refractivity contribution in [3.8, 4) is 0 Å². The highest BCUT2D eigenvalue weighted by molar-refractivity contribution is 5.93. The van der Waals surface area contributed by atoms with Crippen LogP contribution in [0.1, 0.15) is 40.0 Å². The van der Waals surface area contributed by atoms with E-state index >= 15 is 0 Å². The molecule has 0 saturated heterocycles. The van der Waals surface area contributed by atoms with Crippen LogP contribution in [0.5, 0.6) is 0 Å². The minimum Gasteiger partial charge on any atom is -0.295 e. The molecule has 15 heavy (non-hydrogen) atoms. The van der Waals surface area contributed by atoms with Gasteiger partial charge in [-0.15, -0.1) is 0 Å². The number of hydrogen-bond donors (Lipinski definition) is 0. The van der Waals surface area contributed by atoms with E-state index in [9.17, 15) is 4.79 Å². The maximum Gasteiger partial charge on any atom is 0.156 e. The molecule has 0 aromatic carbocycles. The average Bonchev–Trinajstić information content (AvgIpc) is 2.54. The number of allylic oxidation sites excluding steroid dienone is 2. The number of rotatable bonds is 0. The van der Waals surface area contributed by atoms with Crippen LogP contribution in [-0.4, -0.2) is 5.78 Å². The van der Waals surface area contributed by atoms with Crippen molar-refractivity contribution >= 4 is 5.78 Å². The summed E-state index contributed by atoms with van der Waals surface area (Å²) in [5.41, 5.74) is 1.99. The van der Waals surface area contributed by atoms with Crippen molar-refractivity contribution in [3.05, 3.63) is 11.6 Å². The molecule has 0 bridgehead atoms. The van der Waals surface area contributed by atoms with Crippen molar-refractivity contribution in [2.24, 2.45) is 29.1 Å². The van der Waals surface area contributed by atoms with Crippen LogP contribution in [0, 0.1) is 29.1 Å². The summed E-state index contributed by atoms with van der Waals surface area (Å²) in [4.78, 5) is 11.6. The van der Waals surface area contributed by atoms with Crippen LogP contribution in [0.2, 0.25) is 0 Å². The SMILES string of the molecule is C[C@H]1CC[C@@H]2[C@H]([C@@H]3CC(=O)C=C31)C2(C)C. The maximum atomic E-state index is 11.6. The third kappa shape index (κ3) is 1.18. The monoisotopic (exact) mass is 204 g/mol. The first-order valence-electron chi connectivity index (χ1n) is 6.26. The second-order valence-electron chi connectivity index (χ2n) is 6.35. The summed E-state index contributed by atoms with van der Waals surface area (Å²) in [6.07, 6.45) is 5.44. The fourth-order valence-electron chi connectivity index (χ4n) is 4.26. The van der Waals surface area contributed by atoms with Gasteiger partial charge in [0.2, 0.25) is 0 Å². The number of carbonyl (C=O) groups is 1. The molecule has 82 valence electrons. The summed E-state index contributed by atoms with van der Waals surface area (Å²) in [6.45, 7) is 7.08. The van der Waals surface area contributed by atoms with Gasteiger partial charge in [0.1, 0.15) is 0 Å². The molecule has 3 rings (SSSR count). The van der Waals surface area contributed by atoms with E-state index in [2.05, 4.69) is 20.8 Å². The zero-order valence-electron chi connectivity index (χ0n) is 9.92. The molecule has 0 amide bonds. The Morgan fingerprint density at radius 2 is 2.07 bits per heavy atom. The van der Waals surface area contributed by atoms with Gasteiger partial charge in [0.05, 0.1) is 0 Å². The van der Waals surface area contributed by atoms with Crippen LogP contribution in [0.4, 0.5) is 0 Å². The van der Waals surface area contributed by atoms with Crippen molar-refractivity contribution < 1.29 is 4.79 Å². The second-order valence-corrected chi connectivity index (χ2v) is 6.35. The first-order chi connectivity index (χ1) is 7.01. The topological polar surface area (TPSA) is 17.1 Å². The highest BCUT2D eigenvalue weighted by atomic mass is 16.1. The van der Waals surface area contributed by atoms with Gasteiger partial charge in [-0.3, -0.25) is 4.79 Å². The molecule has 3 aliphatic rings. The second kappa shape index (κ2) is 2.75. The summed E-state index contributed by atoms with van der Waals surface area (Å²) in [7, 11) is 0. The van der Waals surface area contributed by atoms with E-state index in [-0.39, 0.29) is 0 Å². The van der Waals surface area contributed by atoms with Crippen LogP contribution >= 0.6 is 0 Å². The van der Waals surface area contributed by atoms with Crippen molar-refractivity contribution in [1.82, 2.24) is 0 Å². The number of carbonyl (C=O) groups excluding carboxylic acids is 1. The zero-order chi connectivity index (χ0) is 10.8. The molecule has 0 radical (unpaired) electrons. The molecule has 0 spiro atoms. The van der Waals surface area contributed by atoms with Gasteiger partial charge < -0.3 is 0 Å². The van der Waals surface area contributed by atoms with Crippen molar-refractivity contribution in [2.75, 3.05) is 0 Å². The minimum atomic E-state index is 0.380. The predicted octanol–water partition coefficient (Wildman–Crippen LogP) is 3.20. The molecule has 0 aromatic rings. The fraction of sp³-hybridized carbons (Fsp3) is 0.786. The Labute approximate surface area is 91.9 Å². The van der Waals surface area contributed by atoms with E-state index in [1.54, 1.807) is 0 Å². The van der Waals surface area contributed by atoms with Gasteiger partial charge >= 0.3 is 0 Å². The summed E-state index contributed by atoms with van der Waals surface area (Å²) >= 11 is 0. The van der Waals surface area contributed by atoms with E-state index in [0.717, 1.165) is 18.3 Å². The summed E-state index contributed by atoms with van der Waals surface area (Å²) in [5, 5.41) is 0. The lowest BCUT2D eigenvalue weighted by Crippen LogP contribution is -2.12. The molecule has 2 fully saturated rings. The predicted molar refractivity (Wildman–Crippen MR) is 60.4 cm³/mol.